The summed E-state index contributed by atoms with van der Waals surface area (Å²) in [6.07, 6.45) is 1.96. The zero-order valence-electron chi connectivity index (χ0n) is 31.9. The summed E-state index contributed by atoms with van der Waals surface area (Å²) in [5, 5.41) is 4.96. The molecule has 10 aromatic rings. The van der Waals surface area contributed by atoms with Gasteiger partial charge in [-0.1, -0.05) is 129 Å². The van der Waals surface area contributed by atoms with Crippen molar-refractivity contribution in [2.24, 2.45) is 0 Å². The summed E-state index contributed by atoms with van der Waals surface area (Å²) < 4.78 is 2.43. The third-order valence-electron chi connectivity index (χ3n) is 12.0. The lowest BCUT2D eigenvalue weighted by molar-refractivity contribution is 0.645. The highest BCUT2D eigenvalue weighted by molar-refractivity contribution is 6.14. The van der Waals surface area contributed by atoms with Crippen LogP contribution in [0.5, 0.6) is 0 Å². The number of hydrogen-bond acceptors (Lipinski definition) is 2. The van der Waals surface area contributed by atoms with Crippen LogP contribution in [0.3, 0.4) is 0 Å². The molecule has 270 valence electrons. The quantitative estimate of drug-likeness (QED) is 0.170. The number of aromatic nitrogens is 2. The van der Waals surface area contributed by atoms with Gasteiger partial charge < -0.3 is 9.47 Å². The van der Waals surface area contributed by atoms with Crippen molar-refractivity contribution < 1.29 is 0 Å². The molecule has 0 spiro atoms. The van der Waals surface area contributed by atoms with Gasteiger partial charge >= 0.3 is 0 Å². The van der Waals surface area contributed by atoms with Crippen LogP contribution in [0.25, 0.3) is 71.8 Å². The van der Waals surface area contributed by atoms with Crippen molar-refractivity contribution in [1.82, 2.24) is 9.55 Å². The lowest BCUT2D eigenvalue weighted by Gasteiger charge is -2.34. The fraction of sp³-hybridized carbons (Fsp3) is 0.0556. The topological polar surface area (TPSA) is 21.1 Å². The average Bonchev–Trinajstić information content (AvgIpc) is 3.59. The molecule has 0 radical (unpaired) electrons. The first kappa shape index (κ1) is 33.1. The van der Waals surface area contributed by atoms with Gasteiger partial charge in [-0.05, 0) is 118 Å². The molecule has 3 heteroatoms. The van der Waals surface area contributed by atoms with E-state index in [0.717, 1.165) is 28.4 Å². The molecular formula is C54H39N3. The summed E-state index contributed by atoms with van der Waals surface area (Å²) in [7, 11) is 0. The van der Waals surface area contributed by atoms with Gasteiger partial charge in [0.25, 0.3) is 0 Å². The molecule has 2 aromatic heterocycles. The Labute approximate surface area is 332 Å². The molecule has 1 aliphatic carbocycles. The van der Waals surface area contributed by atoms with Gasteiger partial charge in [-0.3, -0.25) is 4.98 Å². The molecule has 0 N–H and O–H groups in total. The molecule has 0 atom stereocenters. The molecular weight excluding hydrogens is 691 g/mol. The van der Waals surface area contributed by atoms with Crippen LogP contribution >= 0.6 is 0 Å². The number of pyridine rings is 1. The lowest BCUT2D eigenvalue weighted by Crippen LogP contribution is -2.24. The number of nitrogens with zero attached hydrogens (tertiary/aromatic N) is 3. The molecule has 11 rings (SSSR count). The Hall–Kier alpha value is -7.23. The van der Waals surface area contributed by atoms with E-state index in [1.54, 1.807) is 0 Å². The van der Waals surface area contributed by atoms with Crippen molar-refractivity contribution in [3.05, 3.63) is 211 Å². The Balaban J connectivity index is 1.05. The van der Waals surface area contributed by atoms with E-state index >= 15 is 0 Å². The van der Waals surface area contributed by atoms with E-state index in [2.05, 4.69) is 217 Å². The van der Waals surface area contributed by atoms with Crippen LogP contribution in [0.2, 0.25) is 0 Å². The molecule has 0 aliphatic heterocycles. The molecule has 0 bridgehead atoms. The average molecular weight is 730 g/mol. The number of benzene rings is 8. The minimum absolute atomic E-state index is 0.193. The minimum Gasteiger partial charge on any atom is -0.311 e. The molecule has 3 nitrogen and oxygen atoms in total. The molecule has 0 saturated heterocycles. The number of rotatable bonds is 6. The van der Waals surface area contributed by atoms with Gasteiger partial charge in [0.2, 0.25) is 0 Å². The van der Waals surface area contributed by atoms with Gasteiger partial charge in [-0.15, -0.1) is 0 Å². The van der Waals surface area contributed by atoms with E-state index in [9.17, 15) is 0 Å². The van der Waals surface area contributed by atoms with Gasteiger partial charge in [0.05, 0.1) is 16.7 Å². The Morgan fingerprint density at radius 3 is 1.74 bits per heavy atom. The maximum atomic E-state index is 5.03. The summed E-state index contributed by atoms with van der Waals surface area (Å²) in [5.41, 5.74) is 16.4. The normalized spacial score (nSPS) is 12.9. The van der Waals surface area contributed by atoms with E-state index in [0.29, 0.717) is 0 Å². The van der Waals surface area contributed by atoms with Crippen LogP contribution in [0.15, 0.2) is 200 Å². The van der Waals surface area contributed by atoms with Crippen molar-refractivity contribution >= 4 is 49.6 Å². The highest BCUT2D eigenvalue weighted by Crippen LogP contribution is 2.50. The zero-order chi connectivity index (χ0) is 38.1. The van der Waals surface area contributed by atoms with Crippen LogP contribution < -0.4 is 4.90 Å². The van der Waals surface area contributed by atoms with Crippen LogP contribution in [0.1, 0.15) is 25.0 Å². The molecule has 1 aliphatic rings. The van der Waals surface area contributed by atoms with Crippen molar-refractivity contribution in [1.29, 1.82) is 0 Å². The third-order valence-corrected chi connectivity index (χ3v) is 12.0. The Kier molecular flexibility index (Phi) is 7.52. The van der Waals surface area contributed by atoms with Crippen LogP contribution in [0.4, 0.5) is 17.1 Å². The molecule has 57 heavy (non-hydrogen) atoms. The number of para-hydroxylation sites is 2. The first-order valence-corrected chi connectivity index (χ1v) is 19.7. The summed E-state index contributed by atoms with van der Waals surface area (Å²) in [6.45, 7) is 4.72. The Morgan fingerprint density at radius 1 is 0.456 bits per heavy atom. The first-order chi connectivity index (χ1) is 28.0. The maximum Gasteiger partial charge on any atom is 0.0786 e. The largest absolute Gasteiger partial charge is 0.311 e. The van der Waals surface area contributed by atoms with Crippen molar-refractivity contribution in [2.75, 3.05) is 4.90 Å². The van der Waals surface area contributed by atoms with Crippen LogP contribution in [-0.4, -0.2) is 9.55 Å². The molecule has 8 aromatic carbocycles. The molecule has 0 unspecified atom stereocenters. The standard InChI is InChI=1S/C54H39N3/c1-54(2)48-20-12-15-39-31-32-55-53(52(39)48)47-34-46-45-33-40(25-30-50(45)57(51(46)35-49(47)54)42-18-10-5-11-19-42)38-23-28-44(29-24-38)56(41-16-8-4-9-17-41)43-26-21-37(22-27-43)36-13-6-3-7-14-36/h3-35H,1-2H3. The monoisotopic (exact) mass is 729 g/mol. The Morgan fingerprint density at radius 2 is 1.04 bits per heavy atom. The summed E-state index contributed by atoms with van der Waals surface area (Å²) >= 11 is 0. The van der Waals surface area contributed by atoms with Crippen molar-refractivity contribution in [2.45, 2.75) is 19.3 Å². The van der Waals surface area contributed by atoms with E-state index in [1.807, 2.05) is 6.20 Å². The van der Waals surface area contributed by atoms with Gasteiger partial charge in [-0.2, -0.15) is 0 Å². The fourth-order valence-electron chi connectivity index (χ4n) is 9.17. The number of fused-ring (bicyclic) bond motifs is 5. The highest BCUT2D eigenvalue weighted by Gasteiger charge is 2.35. The second-order valence-corrected chi connectivity index (χ2v) is 15.6. The van der Waals surface area contributed by atoms with E-state index in [-0.39, 0.29) is 5.41 Å². The summed E-state index contributed by atoms with van der Waals surface area (Å²) in [4.78, 5) is 7.36. The van der Waals surface area contributed by atoms with Gasteiger partial charge in [-0.25, -0.2) is 0 Å². The lowest BCUT2D eigenvalue weighted by atomic mass is 9.69. The number of anilines is 3. The molecule has 0 saturated carbocycles. The Bertz CT molecular complexity index is 3100. The van der Waals surface area contributed by atoms with Crippen molar-refractivity contribution in [3.63, 3.8) is 0 Å². The minimum atomic E-state index is -0.193. The van der Waals surface area contributed by atoms with Crippen LogP contribution in [0, 0.1) is 0 Å². The van der Waals surface area contributed by atoms with Crippen LogP contribution in [-0.2, 0) is 5.41 Å². The summed E-state index contributed by atoms with van der Waals surface area (Å²) in [5.74, 6) is 0. The second kappa shape index (κ2) is 12.9. The van der Waals surface area contributed by atoms with Gasteiger partial charge in [0, 0.05) is 56.1 Å². The third kappa shape index (κ3) is 5.31. The van der Waals surface area contributed by atoms with Crippen molar-refractivity contribution in [3.8, 4) is 39.2 Å². The SMILES string of the molecule is CC1(C)c2cc3c(cc2-c2nccc4cccc1c24)c1cc(-c2ccc(N(c4ccccc4)c4ccc(-c5ccccc5)cc4)cc2)ccc1n3-c1ccccc1. The maximum absolute atomic E-state index is 5.03. The molecule has 0 fully saturated rings. The second-order valence-electron chi connectivity index (χ2n) is 15.6. The smallest absolute Gasteiger partial charge is 0.0786 e. The first-order valence-electron chi connectivity index (χ1n) is 19.7. The van der Waals surface area contributed by atoms with Gasteiger partial charge in [0.15, 0.2) is 0 Å². The highest BCUT2D eigenvalue weighted by atomic mass is 15.1. The zero-order valence-corrected chi connectivity index (χ0v) is 31.9. The van der Waals surface area contributed by atoms with E-state index in [1.165, 1.54) is 71.5 Å². The molecule has 2 heterocycles. The predicted molar refractivity (Wildman–Crippen MR) is 239 cm³/mol. The predicted octanol–water partition coefficient (Wildman–Crippen LogP) is 14.4. The van der Waals surface area contributed by atoms with E-state index < -0.39 is 0 Å². The molecule has 0 amide bonds. The van der Waals surface area contributed by atoms with E-state index in [4.69, 9.17) is 4.98 Å². The summed E-state index contributed by atoms with van der Waals surface area (Å²) in [6, 6.07) is 70.4. The fourth-order valence-corrected chi connectivity index (χ4v) is 9.17. The van der Waals surface area contributed by atoms with Gasteiger partial charge in [0.1, 0.15) is 0 Å². The number of hydrogen-bond donors (Lipinski definition) is 0.